The van der Waals surface area contributed by atoms with Gasteiger partial charge in [0.2, 0.25) is 0 Å². The average molecular weight is 375 g/mol. The normalized spacial score (nSPS) is 21.1. The predicted octanol–water partition coefficient (Wildman–Crippen LogP) is 4.10. The van der Waals surface area contributed by atoms with Crippen LogP contribution in [0.15, 0.2) is 78.9 Å². The Labute approximate surface area is 163 Å². The smallest absolute Gasteiger partial charge is 0.402 e. The van der Waals surface area contributed by atoms with E-state index in [4.69, 9.17) is 4.65 Å². The molecule has 2 aliphatic heterocycles. The Bertz CT molecular complexity index is 923. The van der Waals surface area contributed by atoms with E-state index in [9.17, 15) is 8.78 Å². The molecule has 1 atom stereocenters. The fraction of sp³-hybridized carbons (Fsp3) is 0.217. The zero-order valence-corrected chi connectivity index (χ0v) is 15.4. The van der Waals surface area contributed by atoms with Crippen LogP contribution in [0.1, 0.15) is 24.0 Å². The molecule has 0 bridgehead atoms. The van der Waals surface area contributed by atoms with E-state index >= 15 is 0 Å². The Hall–Kier alpha value is -2.50. The van der Waals surface area contributed by atoms with Crippen LogP contribution in [0.25, 0.3) is 0 Å². The Morgan fingerprint density at radius 1 is 0.857 bits per heavy atom. The molecule has 0 saturated carbocycles. The number of hydrogen-bond acceptors (Lipinski definition) is 2. The SMILES string of the molecule is Fc1cc(F)cc(B2OC(c3ccccc3)(c3ccccc3)[C@@H]3CCCN23)c1. The van der Waals surface area contributed by atoms with Crippen LogP contribution >= 0.6 is 0 Å². The summed E-state index contributed by atoms with van der Waals surface area (Å²) >= 11 is 0. The summed E-state index contributed by atoms with van der Waals surface area (Å²) in [5.74, 6) is -1.16. The second kappa shape index (κ2) is 6.84. The second-order valence-electron chi connectivity index (χ2n) is 7.54. The standard InChI is InChI=1S/C23H20BF2NO/c25-20-14-19(15-21(26)16-20)24-27-13-7-12-22(27)23(28-24,17-8-3-1-4-9-17)18-10-5-2-6-11-18/h1-6,8-11,14-16,22H,7,12-13H2/t22-/m0/s1. The highest BCUT2D eigenvalue weighted by Crippen LogP contribution is 2.48. The Balaban J connectivity index is 1.69. The zero-order chi connectivity index (χ0) is 19.1. The van der Waals surface area contributed by atoms with Crippen molar-refractivity contribution in [3.63, 3.8) is 0 Å². The molecule has 0 unspecified atom stereocenters. The number of halogens is 2. The van der Waals surface area contributed by atoms with Gasteiger partial charge in [-0.15, -0.1) is 0 Å². The summed E-state index contributed by atoms with van der Waals surface area (Å²) in [7, 11) is -0.488. The van der Waals surface area contributed by atoms with Crippen LogP contribution in [0.4, 0.5) is 8.78 Å². The lowest BCUT2D eigenvalue weighted by Gasteiger charge is -2.36. The van der Waals surface area contributed by atoms with Crippen LogP contribution < -0.4 is 5.46 Å². The molecule has 2 aliphatic rings. The van der Waals surface area contributed by atoms with Crippen LogP contribution in [0, 0.1) is 11.6 Å². The lowest BCUT2D eigenvalue weighted by atomic mass is 9.72. The average Bonchev–Trinajstić information content (AvgIpc) is 3.31. The lowest BCUT2D eigenvalue weighted by Crippen LogP contribution is -2.46. The van der Waals surface area contributed by atoms with Crippen molar-refractivity contribution < 1.29 is 13.4 Å². The van der Waals surface area contributed by atoms with Gasteiger partial charge in [-0.05, 0) is 48.1 Å². The maximum atomic E-state index is 13.9. The van der Waals surface area contributed by atoms with E-state index in [1.54, 1.807) is 0 Å². The quantitative estimate of drug-likeness (QED) is 0.640. The maximum Gasteiger partial charge on any atom is 0.420 e. The molecule has 3 aromatic rings. The highest BCUT2D eigenvalue weighted by molar-refractivity contribution is 6.65. The Morgan fingerprint density at radius 3 is 2.00 bits per heavy atom. The molecular formula is C23H20BF2NO. The monoisotopic (exact) mass is 375 g/mol. The number of benzene rings is 3. The van der Waals surface area contributed by atoms with E-state index in [-0.39, 0.29) is 6.04 Å². The molecule has 140 valence electrons. The number of fused-ring (bicyclic) bond motifs is 1. The fourth-order valence-corrected chi connectivity index (χ4v) is 4.86. The lowest BCUT2D eigenvalue weighted by molar-refractivity contribution is 0.106. The van der Waals surface area contributed by atoms with E-state index in [0.717, 1.165) is 36.6 Å². The van der Waals surface area contributed by atoms with Crippen molar-refractivity contribution >= 4 is 12.5 Å². The zero-order valence-electron chi connectivity index (χ0n) is 15.4. The molecule has 0 aromatic heterocycles. The summed E-state index contributed by atoms with van der Waals surface area (Å²) in [6.07, 6.45) is 2.00. The van der Waals surface area contributed by atoms with Crippen molar-refractivity contribution in [1.82, 2.24) is 4.81 Å². The summed E-state index contributed by atoms with van der Waals surface area (Å²) < 4.78 is 34.7. The molecule has 2 fully saturated rings. The van der Waals surface area contributed by atoms with E-state index in [1.807, 2.05) is 36.4 Å². The molecule has 28 heavy (non-hydrogen) atoms. The molecule has 0 spiro atoms. The van der Waals surface area contributed by atoms with Gasteiger partial charge in [0.1, 0.15) is 17.2 Å². The van der Waals surface area contributed by atoms with Crippen molar-refractivity contribution in [2.24, 2.45) is 0 Å². The summed E-state index contributed by atoms with van der Waals surface area (Å²) in [6, 6.07) is 24.1. The molecule has 0 aliphatic carbocycles. The summed E-state index contributed by atoms with van der Waals surface area (Å²) in [5.41, 5.74) is 1.99. The summed E-state index contributed by atoms with van der Waals surface area (Å²) in [6.45, 7) is 0.842. The molecule has 2 saturated heterocycles. The third-order valence-corrected chi connectivity index (χ3v) is 5.94. The highest BCUT2D eigenvalue weighted by Gasteiger charge is 2.58. The first kappa shape index (κ1) is 17.6. The first-order valence-corrected chi connectivity index (χ1v) is 9.69. The van der Waals surface area contributed by atoms with Gasteiger partial charge in [-0.1, -0.05) is 60.7 Å². The summed E-state index contributed by atoms with van der Waals surface area (Å²) in [4.78, 5) is 2.26. The van der Waals surface area contributed by atoms with Gasteiger partial charge in [0.15, 0.2) is 0 Å². The van der Waals surface area contributed by atoms with Crippen LogP contribution in [0.2, 0.25) is 0 Å². The second-order valence-corrected chi connectivity index (χ2v) is 7.54. The van der Waals surface area contributed by atoms with E-state index < -0.39 is 24.3 Å². The molecule has 2 heterocycles. The van der Waals surface area contributed by atoms with Crippen LogP contribution in [0.5, 0.6) is 0 Å². The van der Waals surface area contributed by atoms with E-state index in [1.165, 1.54) is 12.1 Å². The van der Waals surface area contributed by atoms with Gasteiger partial charge in [-0.2, -0.15) is 0 Å². The Kier molecular flexibility index (Phi) is 4.29. The van der Waals surface area contributed by atoms with Gasteiger partial charge in [-0.25, -0.2) is 8.78 Å². The number of rotatable bonds is 3. The topological polar surface area (TPSA) is 12.5 Å². The molecule has 2 nitrogen and oxygen atoms in total. The number of hydrogen-bond donors (Lipinski definition) is 0. The molecule has 0 N–H and O–H groups in total. The molecular weight excluding hydrogens is 355 g/mol. The minimum absolute atomic E-state index is 0.105. The van der Waals surface area contributed by atoms with Crippen molar-refractivity contribution in [3.8, 4) is 0 Å². The predicted molar refractivity (Wildman–Crippen MR) is 106 cm³/mol. The fourth-order valence-electron chi connectivity index (χ4n) is 4.86. The van der Waals surface area contributed by atoms with Gasteiger partial charge in [-0.3, -0.25) is 0 Å². The van der Waals surface area contributed by atoms with Gasteiger partial charge in [0, 0.05) is 12.1 Å². The molecule has 0 amide bonds. The van der Waals surface area contributed by atoms with Gasteiger partial charge in [0.25, 0.3) is 0 Å². The first-order chi connectivity index (χ1) is 13.7. The van der Waals surface area contributed by atoms with Crippen molar-refractivity contribution in [2.45, 2.75) is 24.5 Å². The van der Waals surface area contributed by atoms with Crippen LogP contribution in [-0.4, -0.2) is 24.4 Å². The van der Waals surface area contributed by atoms with E-state index in [2.05, 4.69) is 29.1 Å². The van der Waals surface area contributed by atoms with Crippen LogP contribution in [-0.2, 0) is 10.3 Å². The largest absolute Gasteiger partial charge is 0.420 e. The van der Waals surface area contributed by atoms with Gasteiger partial charge < -0.3 is 9.47 Å². The Morgan fingerprint density at radius 2 is 1.43 bits per heavy atom. The minimum atomic E-state index is -0.674. The third kappa shape index (κ3) is 2.69. The molecule has 5 rings (SSSR count). The molecule has 0 radical (unpaired) electrons. The summed E-state index contributed by atoms with van der Waals surface area (Å²) in [5, 5.41) is 0. The van der Waals surface area contributed by atoms with Crippen molar-refractivity contribution in [1.29, 1.82) is 0 Å². The van der Waals surface area contributed by atoms with Crippen molar-refractivity contribution in [2.75, 3.05) is 6.54 Å². The maximum absolute atomic E-state index is 13.9. The van der Waals surface area contributed by atoms with Crippen LogP contribution in [0.3, 0.4) is 0 Å². The third-order valence-electron chi connectivity index (χ3n) is 5.94. The number of nitrogens with zero attached hydrogens (tertiary/aromatic N) is 1. The first-order valence-electron chi connectivity index (χ1n) is 9.69. The van der Waals surface area contributed by atoms with Gasteiger partial charge >= 0.3 is 7.05 Å². The highest BCUT2D eigenvalue weighted by atomic mass is 19.1. The molecule has 3 aromatic carbocycles. The minimum Gasteiger partial charge on any atom is -0.402 e. The van der Waals surface area contributed by atoms with E-state index in [0.29, 0.717) is 5.46 Å². The van der Waals surface area contributed by atoms with Crippen molar-refractivity contribution in [3.05, 3.63) is 102 Å². The molecule has 5 heteroatoms. The van der Waals surface area contributed by atoms with Gasteiger partial charge in [0.05, 0.1) is 0 Å².